The van der Waals surface area contributed by atoms with E-state index < -0.39 is 16.4 Å². The predicted octanol–water partition coefficient (Wildman–Crippen LogP) is 1.07. The SMILES string of the molecule is CC(C)(N)CNC(=O)c1cc([N+](=O)[O-])ccc1N.Cl. The molecule has 0 aliphatic heterocycles. The van der Waals surface area contributed by atoms with Crippen LogP contribution in [0.1, 0.15) is 24.2 Å². The Kier molecular flexibility index (Phi) is 5.73. The first-order valence-electron chi connectivity index (χ1n) is 5.32. The third-order valence-corrected chi connectivity index (χ3v) is 2.20. The zero-order valence-corrected chi connectivity index (χ0v) is 11.5. The van der Waals surface area contributed by atoms with E-state index in [2.05, 4.69) is 5.32 Å². The number of rotatable bonds is 4. The van der Waals surface area contributed by atoms with Gasteiger partial charge in [0.25, 0.3) is 11.6 Å². The molecule has 0 aliphatic rings. The molecule has 1 rings (SSSR count). The standard InChI is InChI=1S/C11H16N4O3.ClH/c1-11(2,13)6-14-10(16)8-5-7(15(17)18)3-4-9(8)12;/h3-5H,6,12-13H2,1-2H3,(H,14,16);1H. The Hall–Kier alpha value is -1.86. The van der Waals surface area contributed by atoms with Crippen LogP contribution in [-0.4, -0.2) is 22.9 Å². The number of non-ortho nitro benzene ring substituents is 1. The van der Waals surface area contributed by atoms with Gasteiger partial charge in [0.1, 0.15) is 0 Å². The molecular formula is C11H17ClN4O3. The van der Waals surface area contributed by atoms with Crippen LogP contribution in [0.25, 0.3) is 0 Å². The lowest BCUT2D eigenvalue weighted by molar-refractivity contribution is -0.384. The number of nitrogen functional groups attached to an aromatic ring is 1. The summed E-state index contributed by atoms with van der Waals surface area (Å²) in [6, 6.07) is 3.73. The number of nitrogens with zero attached hydrogens (tertiary/aromatic N) is 1. The number of amides is 1. The Balaban J connectivity index is 0.00000324. The van der Waals surface area contributed by atoms with E-state index in [4.69, 9.17) is 11.5 Å². The third-order valence-electron chi connectivity index (χ3n) is 2.20. The van der Waals surface area contributed by atoms with Crippen LogP contribution in [0.3, 0.4) is 0 Å². The topological polar surface area (TPSA) is 124 Å². The number of nitrogens with one attached hydrogen (secondary N) is 1. The second-order valence-corrected chi connectivity index (χ2v) is 4.70. The molecule has 19 heavy (non-hydrogen) atoms. The zero-order valence-electron chi connectivity index (χ0n) is 10.7. The van der Waals surface area contributed by atoms with Gasteiger partial charge in [-0.25, -0.2) is 0 Å². The molecule has 0 unspecified atom stereocenters. The Morgan fingerprint density at radius 1 is 1.47 bits per heavy atom. The second-order valence-electron chi connectivity index (χ2n) is 4.70. The number of benzene rings is 1. The van der Waals surface area contributed by atoms with Crippen molar-refractivity contribution in [1.29, 1.82) is 0 Å². The molecule has 5 N–H and O–H groups in total. The van der Waals surface area contributed by atoms with Crippen molar-refractivity contribution in [2.24, 2.45) is 5.73 Å². The molecular weight excluding hydrogens is 272 g/mol. The van der Waals surface area contributed by atoms with E-state index in [1.165, 1.54) is 12.1 Å². The van der Waals surface area contributed by atoms with E-state index in [0.29, 0.717) is 0 Å². The Bertz CT molecular complexity index is 485. The smallest absolute Gasteiger partial charge is 0.270 e. The summed E-state index contributed by atoms with van der Waals surface area (Å²) < 4.78 is 0. The van der Waals surface area contributed by atoms with Gasteiger partial charge in [-0.15, -0.1) is 12.4 Å². The van der Waals surface area contributed by atoms with Gasteiger partial charge in [-0.1, -0.05) is 0 Å². The zero-order chi connectivity index (χ0) is 13.9. The fourth-order valence-corrected chi connectivity index (χ4v) is 1.26. The summed E-state index contributed by atoms with van der Waals surface area (Å²) in [4.78, 5) is 21.9. The molecule has 0 radical (unpaired) electrons. The predicted molar refractivity (Wildman–Crippen MR) is 75.4 cm³/mol. The summed E-state index contributed by atoms with van der Waals surface area (Å²) in [5, 5.41) is 13.2. The number of hydrogen-bond acceptors (Lipinski definition) is 5. The number of anilines is 1. The minimum absolute atomic E-state index is 0. The average molecular weight is 289 g/mol. The Morgan fingerprint density at radius 2 is 2.05 bits per heavy atom. The molecule has 0 saturated heterocycles. The van der Waals surface area contributed by atoms with E-state index >= 15 is 0 Å². The van der Waals surface area contributed by atoms with Crippen molar-refractivity contribution < 1.29 is 9.72 Å². The van der Waals surface area contributed by atoms with Crippen LogP contribution >= 0.6 is 12.4 Å². The maximum Gasteiger partial charge on any atom is 0.270 e. The molecule has 1 aromatic rings. The molecule has 0 spiro atoms. The van der Waals surface area contributed by atoms with Crippen molar-refractivity contribution in [2.45, 2.75) is 19.4 Å². The van der Waals surface area contributed by atoms with E-state index in [-0.39, 0.29) is 35.9 Å². The van der Waals surface area contributed by atoms with E-state index in [1.54, 1.807) is 13.8 Å². The summed E-state index contributed by atoms with van der Waals surface area (Å²) >= 11 is 0. The first kappa shape index (κ1) is 17.1. The van der Waals surface area contributed by atoms with Gasteiger partial charge in [0.05, 0.1) is 10.5 Å². The van der Waals surface area contributed by atoms with Crippen molar-refractivity contribution in [3.63, 3.8) is 0 Å². The van der Waals surface area contributed by atoms with Crippen molar-refractivity contribution in [3.8, 4) is 0 Å². The number of halogens is 1. The molecule has 0 heterocycles. The van der Waals surface area contributed by atoms with Gasteiger partial charge >= 0.3 is 0 Å². The first-order chi connectivity index (χ1) is 8.20. The molecule has 1 aromatic carbocycles. The number of hydrogen-bond donors (Lipinski definition) is 3. The monoisotopic (exact) mass is 288 g/mol. The van der Waals surface area contributed by atoms with Crippen molar-refractivity contribution in [2.75, 3.05) is 12.3 Å². The molecule has 0 bridgehead atoms. The van der Waals surface area contributed by atoms with Gasteiger partial charge in [-0.05, 0) is 19.9 Å². The summed E-state index contributed by atoms with van der Waals surface area (Å²) in [6.45, 7) is 3.75. The van der Waals surface area contributed by atoms with Crippen LogP contribution in [0.5, 0.6) is 0 Å². The molecule has 0 aliphatic carbocycles. The van der Waals surface area contributed by atoms with Gasteiger partial charge in [-0.3, -0.25) is 14.9 Å². The highest BCUT2D eigenvalue weighted by Gasteiger charge is 2.17. The fourth-order valence-electron chi connectivity index (χ4n) is 1.26. The molecule has 1 amide bonds. The third kappa shape index (κ3) is 5.11. The minimum Gasteiger partial charge on any atom is -0.398 e. The van der Waals surface area contributed by atoms with Crippen molar-refractivity contribution >= 4 is 29.7 Å². The highest BCUT2D eigenvalue weighted by Crippen LogP contribution is 2.19. The van der Waals surface area contributed by atoms with Crippen LogP contribution in [0.2, 0.25) is 0 Å². The molecule has 7 nitrogen and oxygen atoms in total. The number of carbonyl (C=O) groups excluding carboxylic acids is 1. The fraction of sp³-hybridized carbons (Fsp3) is 0.364. The van der Waals surface area contributed by atoms with Gasteiger partial charge in [0, 0.05) is 29.9 Å². The number of nitro benzene ring substituents is 1. The minimum atomic E-state index is -0.580. The molecule has 8 heteroatoms. The number of nitro groups is 1. The summed E-state index contributed by atoms with van der Waals surface area (Å²) in [5.74, 6) is -0.477. The summed E-state index contributed by atoms with van der Waals surface area (Å²) in [7, 11) is 0. The van der Waals surface area contributed by atoms with Crippen LogP contribution in [0, 0.1) is 10.1 Å². The van der Waals surface area contributed by atoms with Gasteiger partial charge in [-0.2, -0.15) is 0 Å². The highest BCUT2D eigenvalue weighted by atomic mass is 35.5. The Morgan fingerprint density at radius 3 is 2.53 bits per heavy atom. The molecule has 0 atom stereocenters. The van der Waals surface area contributed by atoms with Gasteiger partial charge in [0.2, 0.25) is 0 Å². The van der Waals surface area contributed by atoms with E-state index in [1.807, 2.05) is 0 Å². The van der Waals surface area contributed by atoms with Gasteiger partial charge < -0.3 is 16.8 Å². The maximum absolute atomic E-state index is 11.8. The molecule has 0 aromatic heterocycles. The molecule has 106 valence electrons. The lowest BCUT2D eigenvalue weighted by atomic mass is 10.1. The van der Waals surface area contributed by atoms with Crippen LogP contribution in [-0.2, 0) is 0 Å². The number of nitrogens with two attached hydrogens (primary N) is 2. The highest BCUT2D eigenvalue weighted by molar-refractivity contribution is 5.99. The quantitative estimate of drug-likeness (QED) is 0.434. The van der Waals surface area contributed by atoms with E-state index in [0.717, 1.165) is 6.07 Å². The van der Waals surface area contributed by atoms with Crippen molar-refractivity contribution in [1.82, 2.24) is 5.32 Å². The largest absolute Gasteiger partial charge is 0.398 e. The Labute approximate surface area is 116 Å². The van der Waals surface area contributed by atoms with E-state index in [9.17, 15) is 14.9 Å². The average Bonchev–Trinajstić information content (AvgIpc) is 2.25. The van der Waals surface area contributed by atoms with Gasteiger partial charge in [0.15, 0.2) is 0 Å². The first-order valence-corrected chi connectivity index (χ1v) is 5.32. The molecule has 0 fully saturated rings. The lowest BCUT2D eigenvalue weighted by Gasteiger charge is -2.19. The van der Waals surface area contributed by atoms with Crippen LogP contribution in [0.4, 0.5) is 11.4 Å². The summed E-state index contributed by atoms with van der Waals surface area (Å²) in [6.07, 6.45) is 0. The normalized spacial score (nSPS) is 10.5. The lowest BCUT2D eigenvalue weighted by Crippen LogP contribution is -2.45. The van der Waals surface area contributed by atoms with Crippen molar-refractivity contribution in [3.05, 3.63) is 33.9 Å². The summed E-state index contributed by atoms with van der Waals surface area (Å²) in [5.41, 5.74) is 10.9. The van der Waals surface area contributed by atoms with Crippen LogP contribution < -0.4 is 16.8 Å². The second kappa shape index (κ2) is 6.35. The number of carbonyl (C=O) groups is 1. The maximum atomic E-state index is 11.8. The van der Waals surface area contributed by atoms with Crippen LogP contribution in [0.15, 0.2) is 18.2 Å². The molecule has 0 saturated carbocycles.